The zero-order valence-electron chi connectivity index (χ0n) is 62.7. The quantitative estimate of drug-likeness (QED) is 0.0288. The van der Waals surface area contributed by atoms with Crippen LogP contribution >= 0.6 is 23.5 Å². The van der Waals surface area contributed by atoms with Gasteiger partial charge in [0.1, 0.15) is 0 Å². The Kier molecular flexibility index (Phi) is 36.5. The standard InChI is InChI=1S/C60H86F2N4S2.6C4H9.2Sn/c1-5-9-13-17-21-25-29-33-41-59(42-34-30-26-22-18-14-10-6-2)45-37-39-47-57(65-67-63-47)49(45)51-53(59)55(61)52-50-46(38-40-48-58(50)66-68-64-48)60(54(52)56(51)62,43-35-31-27-23-19-15-11-7-3)44-36-32-28-24-20-16-12-8-4;6*1-3-4-2;;/h37-38H,5-36,41-44H2,1-4H3;6*1,3-4H2,2H3;;. The fourth-order valence-corrected chi connectivity index (χ4v) is 53.0. The molecule has 0 saturated heterocycles. The Hall–Kier alpha value is -1.24. The van der Waals surface area contributed by atoms with Gasteiger partial charge < -0.3 is 0 Å². The third-order valence-electron chi connectivity index (χ3n) is 24.0. The predicted molar refractivity (Wildman–Crippen MR) is 419 cm³/mol. The third-order valence-corrected chi connectivity index (χ3v) is 56.2. The molecular formula is C84H140F2N4S2Sn2. The minimum absolute atomic E-state index is 0.105. The minimum Gasteiger partial charge on any atom is -0.0654 e. The van der Waals surface area contributed by atoms with Crippen molar-refractivity contribution in [2.24, 2.45) is 0 Å². The van der Waals surface area contributed by atoms with Crippen LogP contribution in [0, 0.1) is 11.6 Å². The maximum absolute atomic E-state index is 21.0. The van der Waals surface area contributed by atoms with E-state index in [-0.39, 0.29) is 11.6 Å². The van der Waals surface area contributed by atoms with Crippen LogP contribution in [0.5, 0.6) is 0 Å². The van der Waals surface area contributed by atoms with Crippen LogP contribution in [0.1, 0.15) is 400 Å². The molecule has 0 amide bonds. The summed E-state index contributed by atoms with van der Waals surface area (Å²) in [5.41, 5.74) is 9.62. The second-order valence-corrected chi connectivity index (χ2v) is 58.3. The van der Waals surface area contributed by atoms with E-state index >= 15 is 8.78 Å². The van der Waals surface area contributed by atoms with E-state index in [0.717, 1.165) is 110 Å². The summed E-state index contributed by atoms with van der Waals surface area (Å²) in [6, 6.07) is 5.42. The van der Waals surface area contributed by atoms with Crippen molar-refractivity contribution in [3.05, 3.63) is 46.0 Å². The molecule has 10 heteroatoms. The molecular weight excluding hydrogens is 1400 g/mol. The van der Waals surface area contributed by atoms with E-state index in [4.69, 9.17) is 17.5 Å². The second-order valence-electron chi connectivity index (χ2n) is 31.0. The van der Waals surface area contributed by atoms with Gasteiger partial charge in [0.25, 0.3) is 0 Å². The van der Waals surface area contributed by atoms with E-state index in [9.17, 15) is 0 Å². The molecule has 2 aromatic heterocycles. The summed E-state index contributed by atoms with van der Waals surface area (Å²) >= 11 is -3.94. The molecule has 0 radical (unpaired) electrons. The molecule has 94 heavy (non-hydrogen) atoms. The Balaban J connectivity index is 1.61. The molecule has 2 heterocycles. The number of aromatic nitrogens is 4. The molecule has 5 aromatic rings. The predicted octanol–water partition coefficient (Wildman–Crippen LogP) is 28.7. The van der Waals surface area contributed by atoms with Gasteiger partial charge in [-0.05, 0) is 0 Å². The van der Waals surface area contributed by atoms with Crippen LogP contribution in [0.25, 0.3) is 44.3 Å². The summed E-state index contributed by atoms with van der Waals surface area (Å²) in [6.07, 6.45) is 57.1. The molecule has 0 saturated carbocycles. The minimum atomic E-state index is -3.33. The van der Waals surface area contributed by atoms with Crippen molar-refractivity contribution in [2.75, 3.05) is 0 Å². The van der Waals surface area contributed by atoms with Crippen LogP contribution in [-0.4, -0.2) is 54.2 Å². The Labute approximate surface area is 593 Å². The zero-order chi connectivity index (χ0) is 67.1. The first kappa shape index (κ1) is 80.1. The molecule has 0 N–H and O–H groups in total. The maximum atomic E-state index is 21.0. The number of unbranched alkanes of at least 4 members (excludes halogenated alkanes) is 34. The Bertz CT molecular complexity index is 2670. The molecule has 2 aliphatic rings. The summed E-state index contributed by atoms with van der Waals surface area (Å²) in [7, 11) is 0. The summed E-state index contributed by atoms with van der Waals surface area (Å²) in [5, 5.41) is 0. The summed E-state index contributed by atoms with van der Waals surface area (Å²) in [6.45, 7) is 23.6. The third kappa shape index (κ3) is 19.7. The van der Waals surface area contributed by atoms with Gasteiger partial charge in [0, 0.05) is 0 Å². The first-order valence-corrected chi connectivity index (χ1v) is 57.7. The Morgan fingerprint density at radius 3 is 0.723 bits per heavy atom. The number of nitrogens with zero attached hydrogens (tertiary/aromatic N) is 4. The van der Waals surface area contributed by atoms with Gasteiger partial charge in [-0.2, -0.15) is 0 Å². The van der Waals surface area contributed by atoms with Gasteiger partial charge in [-0.1, -0.05) is 53.4 Å². The number of fused-ring (bicyclic) bond motifs is 10. The van der Waals surface area contributed by atoms with Crippen molar-refractivity contribution in [2.45, 2.75) is 415 Å². The van der Waals surface area contributed by atoms with Crippen LogP contribution in [0.3, 0.4) is 0 Å². The van der Waals surface area contributed by atoms with Crippen molar-refractivity contribution >= 4 is 89.4 Å². The molecule has 2 aliphatic carbocycles. The molecule has 0 aliphatic heterocycles. The summed E-state index contributed by atoms with van der Waals surface area (Å²) in [5.74, 6) is -0.209. The normalized spacial score (nSPS) is 14.1. The van der Waals surface area contributed by atoms with Gasteiger partial charge in [-0.3, -0.25) is 0 Å². The molecule has 0 fully saturated rings. The molecule has 0 bridgehead atoms. The monoisotopic (exact) mass is 1550 g/mol. The van der Waals surface area contributed by atoms with Crippen LogP contribution in [0.2, 0.25) is 26.6 Å². The summed E-state index contributed by atoms with van der Waals surface area (Å²) in [4.78, 5) is 0. The van der Waals surface area contributed by atoms with Crippen molar-refractivity contribution in [1.29, 1.82) is 0 Å². The molecule has 7 rings (SSSR count). The number of halogens is 2. The van der Waals surface area contributed by atoms with Crippen molar-refractivity contribution < 1.29 is 8.78 Å². The van der Waals surface area contributed by atoms with E-state index in [1.807, 2.05) is 0 Å². The average Bonchev–Trinajstić information content (AvgIpc) is 1.50. The van der Waals surface area contributed by atoms with Crippen LogP contribution < -0.4 is 7.16 Å². The van der Waals surface area contributed by atoms with Crippen LogP contribution in [0.15, 0.2) is 12.1 Å². The fraction of sp³-hybridized carbons (Fsp3) is 0.786. The topological polar surface area (TPSA) is 51.6 Å². The molecule has 3 aromatic carbocycles. The van der Waals surface area contributed by atoms with E-state index in [2.05, 4.69) is 81.4 Å². The van der Waals surface area contributed by atoms with E-state index < -0.39 is 47.6 Å². The van der Waals surface area contributed by atoms with Gasteiger partial charge in [-0.25, -0.2) is 0 Å². The van der Waals surface area contributed by atoms with Crippen LogP contribution in [-0.2, 0) is 10.8 Å². The van der Waals surface area contributed by atoms with Gasteiger partial charge in [-0.15, -0.1) is 0 Å². The molecule has 0 unspecified atom stereocenters. The average molecular weight is 1550 g/mol. The number of benzene rings is 3. The number of hydrogen-bond donors (Lipinski definition) is 0. The molecule has 4 nitrogen and oxygen atoms in total. The fourth-order valence-electron chi connectivity index (χ4n) is 18.5. The number of hydrogen-bond acceptors (Lipinski definition) is 6. The smallest absolute Gasteiger partial charge is 0.0654 e. The number of rotatable bonds is 56. The SMILES string of the molecule is CCCCCCCCCCC1(CCCCCCCCCC)c2c[c]([Sn]([CH2]CCC)([CH2]CCC)[CH2]CCC)c3nsnc3c2-c2c(F)c3c(c(F)c21)-c1c(c[c]([Sn]([CH2]CCC)([CH2]CCC)[CH2]CCC)c2nsnc12)C3(CCCCCCCCCC)CCCCCCCCCC. The molecule has 0 atom stereocenters. The Morgan fingerprint density at radius 1 is 0.277 bits per heavy atom. The first-order valence-electron chi connectivity index (χ1n) is 41.3. The first-order chi connectivity index (χ1) is 46.1. The van der Waals surface area contributed by atoms with Crippen molar-refractivity contribution in [3.8, 4) is 22.3 Å². The van der Waals surface area contributed by atoms with E-state index in [0.29, 0.717) is 22.3 Å². The molecule has 530 valence electrons. The van der Waals surface area contributed by atoms with Crippen molar-refractivity contribution in [1.82, 2.24) is 17.5 Å². The van der Waals surface area contributed by atoms with Crippen molar-refractivity contribution in [3.63, 3.8) is 0 Å². The van der Waals surface area contributed by atoms with Gasteiger partial charge in [0.05, 0.1) is 0 Å². The Morgan fingerprint density at radius 2 is 0.489 bits per heavy atom. The zero-order valence-corrected chi connectivity index (χ0v) is 70.0. The molecule has 0 spiro atoms. The second kappa shape index (κ2) is 42.9. The van der Waals surface area contributed by atoms with E-state index in [1.165, 1.54) is 292 Å². The van der Waals surface area contributed by atoms with E-state index in [1.54, 1.807) is 7.16 Å². The van der Waals surface area contributed by atoms with Gasteiger partial charge in [0.2, 0.25) is 0 Å². The van der Waals surface area contributed by atoms with Crippen LogP contribution in [0.4, 0.5) is 8.78 Å². The summed E-state index contributed by atoms with van der Waals surface area (Å²) < 4.78 is 75.0. The van der Waals surface area contributed by atoms with Gasteiger partial charge >= 0.3 is 545 Å². The van der Waals surface area contributed by atoms with Gasteiger partial charge in [0.15, 0.2) is 0 Å².